The summed E-state index contributed by atoms with van der Waals surface area (Å²) in [6, 6.07) is 8.13. The number of nitrogens with one attached hydrogen (secondary N) is 1. The standard InChI is InChI=1S/C16H17NO7S/c1-22-12-8-13(23-2)15(14(9-12)24-3)25(20,21)17-11-6-4-10(5-7-11)16(18)19/h4-9,17H,1-3H3,(H,18,19). The third kappa shape index (κ3) is 3.94. The van der Waals surface area contributed by atoms with E-state index in [4.69, 9.17) is 19.3 Å². The van der Waals surface area contributed by atoms with Crippen LogP contribution in [-0.4, -0.2) is 40.8 Å². The molecule has 2 aromatic carbocycles. The Balaban J connectivity index is 2.46. The molecule has 0 fully saturated rings. The van der Waals surface area contributed by atoms with E-state index < -0.39 is 16.0 Å². The Morgan fingerprint density at radius 2 is 1.48 bits per heavy atom. The van der Waals surface area contributed by atoms with Crippen LogP contribution in [0.4, 0.5) is 5.69 Å². The van der Waals surface area contributed by atoms with E-state index in [1.165, 1.54) is 57.7 Å². The quantitative estimate of drug-likeness (QED) is 0.772. The summed E-state index contributed by atoms with van der Waals surface area (Å²) >= 11 is 0. The van der Waals surface area contributed by atoms with Crippen LogP contribution in [0.25, 0.3) is 0 Å². The van der Waals surface area contributed by atoms with E-state index in [0.717, 1.165) is 0 Å². The van der Waals surface area contributed by atoms with E-state index in [9.17, 15) is 13.2 Å². The Labute approximate surface area is 145 Å². The van der Waals surface area contributed by atoms with Crippen molar-refractivity contribution in [2.45, 2.75) is 4.90 Å². The van der Waals surface area contributed by atoms with Gasteiger partial charge in [0.15, 0.2) is 4.90 Å². The molecule has 0 atom stereocenters. The van der Waals surface area contributed by atoms with Crippen LogP contribution in [-0.2, 0) is 10.0 Å². The highest BCUT2D eigenvalue weighted by Crippen LogP contribution is 2.38. The van der Waals surface area contributed by atoms with Gasteiger partial charge in [0.05, 0.1) is 26.9 Å². The Bertz CT molecular complexity index is 851. The van der Waals surface area contributed by atoms with Crippen LogP contribution < -0.4 is 18.9 Å². The Hall–Kier alpha value is -2.94. The number of carboxylic acids is 1. The van der Waals surface area contributed by atoms with Crippen molar-refractivity contribution >= 4 is 21.7 Å². The third-order valence-electron chi connectivity index (χ3n) is 3.32. The molecule has 0 radical (unpaired) electrons. The molecule has 0 saturated carbocycles. The largest absolute Gasteiger partial charge is 0.496 e. The molecule has 2 rings (SSSR count). The normalized spacial score (nSPS) is 10.8. The summed E-state index contributed by atoms with van der Waals surface area (Å²) in [6.45, 7) is 0. The molecule has 0 aromatic heterocycles. The monoisotopic (exact) mass is 367 g/mol. The minimum Gasteiger partial charge on any atom is -0.496 e. The fraction of sp³-hybridized carbons (Fsp3) is 0.188. The van der Waals surface area contributed by atoms with Crippen molar-refractivity contribution in [1.82, 2.24) is 0 Å². The van der Waals surface area contributed by atoms with Crippen molar-refractivity contribution < 1.29 is 32.5 Å². The van der Waals surface area contributed by atoms with Crippen molar-refractivity contribution in [1.29, 1.82) is 0 Å². The Kier molecular flexibility index (Phi) is 5.38. The summed E-state index contributed by atoms with van der Waals surface area (Å²) in [5.74, 6) is -0.636. The van der Waals surface area contributed by atoms with Gasteiger partial charge in [-0.15, -0.1) is 0 Å². The summed E-state index contributed by atoms with van der Waals surface area (Å²) in [7, 11) is 0.0318. The van der Waals surface area contributed by atoms with Gasteiger partial charge in [0.2, 0.25) is 0 Å². The molecule has 9 heteroatoms. The lowest BCUT2D eigenvalue weighted by atomic mass is 10.2. The molecule has 0 unspecified atom stereocenters. The lowest BCUT2D eigenvalue weighted by molar-refractivity contribution is 0.0697. The van der Waals surface area contributed by atoms with Gasteiger partial charge in [0.1, 0.15) is 17.2 Å². The maximum atomic E-state index is 12.8. The Morgan fingerprint density at radius 1 is 0.960 bits per heavy atom. The number of sulfonamides is 1. The number of anilines is 1. The van der Waals surface area contributed by atoms with E-state index in [1.54, 1.807) is 0 Å². The van der Waals surface area contributed by atoms with E-state index in [0.29, 0.717) is 5.75 Å². The number of hydrogen-bond acceptors (Lipinski definition) is 6. The smallest absolute Gasteiger partial charge is 0.335 e. The molecule has 2 aromatic rings. The van der Waals surface area contributed by atoms with Crippen LogP contribution in [0, 0.1) is 0 Å². The number of benzene rings is 2. The first-order chi connectivity index (χ1) is 11.8. The lowest BCUT2D eigenvalue weighted by Gasteiger charge is -2.16. The van der Waals surface area contributed by atoms with Crippen LogP contribution in [0.2, 0.25) is 0 Å². The molecule has 0 bridgehead atoms. The second kappa shape index (κ2) is 7.31. The molecular formula is C16H17NO7S. The SMILES string of the molecule is COc1cc(OC)c(S(=O)(=O)Nc2ccc(C(=O)O)cc2)c(OC)c1. The number of rotatable bonds is 7. The molecule has 0 aliphatic rings. The zero-order valence-corrected chi connectivity index (χ0v) is 14.6. The van der Waals surface area contributed by atoms with E-state index >= 15 is 0 Å². The molecule has 8 nitrogen and oxygen atoms in total. The van der Waals surface area contributed by atoms with Crippen LogP contribution >= 0.6 is 0 Å². The first-order valence-corrected chi connectivity index (χ1v) is 8.47. The fourth-order valence-corrected chi connectivity index (χ4v) is 3.49. The topological polar surface area (TPSA) is 111 Å². The number of carboxylic acid groups (broad SMARTS) is 1. The van der Waals surface area contributed by atoms with Gasteiger partial charge in [-0.1, -0.05) is 0 Å². The van der Waals surface area contributed by atoms with Gasteiger partial charge in [-0.05, 0) is 24.3 Å². The van der Waals surface area contributed by atoms with Gasteiger partial charge in [0.25, 0.3) is 10.0 Å². The number of hydrogen-bond donors (Lipinski definition) is 2. The summed E-state index contributed by atoms with van der Waals surface area (Å²) in [5, 5.41) is 8.89. The van der Waals surface area contributed by atoms with Crippen molar-refractivity contribution in [2.24, 2.45) is 0 Å². The molecule has 0 heterocycles. The second-order valence-corrected chi connectivity index (χ2v) is 6.47. The molecule has 134 valence electrons. The van der Waals surface area contributed by atoms with Crippen LogP contribution in [0.3, 0.4) is 0 Å². The van der Waals surface area contributed by atoms with Crippen molar-refractivity contribution in [3.63, 3.8) is 0 Å². The zero-order chi connectivity index (χ0) is 18.6. The summed E-state index contributed by atoms with van der Waals surface area (Å²) in [4.78, 5) is 10.7. The summed E-state index contributed by atoms with van der Waals surface area (Å²) in [6.07, 6.45) is 0. The predicted molar refractivity (Wildman–Crippen MR) is 90.3 cm³/mol. The van der Waals surface area contributed by atoms with Gasteiger partial charge in [0, 0.05) is 17.8 Å². The predicted octanol–water partition coefficient (Wildman–Crippen LogP) is 2.21. The molecule has 0 amide bonds. The minimum absolute atomic E-state index is 0.0440. The average molecular weight is 367 g/mol. The highest BCUT2D eigenvalue weighted by Gasteiger charge is 2.26. The second-order valence-electron chi connectivity index (χ2n) is 4.85. The number of carbonyl (C=O) groups is 1. The molecule has 0 spiro atoms. The van der Waals surface area contributed by atoms with Crippen molar-refractivity contribution in [3.8, 4) is 17.2 Å². The first kappa shape index (κ1) is 18.4. The number of aromatic carboxylic acids is 1. The average Bonchev–Trinajstić information content (AvgIpc) is 2.60. The summed E-state index contributed by atoms with van der Waals surface area (Å²) in [5.41, 5.74) is 0.243. The van der Waals surface area contributed by atoms with Gasteiger partial charge in [-0.2, -0.15) is 0 Å². The molecule has 2 N–H and O–H groups in total. The molecule has 0 saturated heterocycles. The molecular weight excluding hydrogens is 350 g/mol. The molecule has 0 aliphatic heterocycles. The molecule has 0 aliphatic carbocycles. The van der Waals surface area contributed by atoms with Gasteiger partial charge in [-0.3, -0.25) is 4.72 Å². The van der Waals surface area contributed by atoms with Gasteiger partial charge in [-0.25, -0.2) is 13.2 Å². The van der Waals surface area contributed by atoms with Gasteiger partial charge >= 0.3 is 5.97 Å². The number of methoxy groups -OCH3 is 3. The van der Waals surface area contributed by atoms with E-state index in [-0.39, 0.29) is 27.6 Å². The maximum Gasteiger partial charge on any atom is 0.335 e. The van der Waals surface area contributed by atoms with Gasteiger partial charge < -0.3 is 19.3 Å². The number of ether oxygens (including phenoxy) is 3. The fourth-order valence-electron chi connectivity index (χ4n) is 2.13. The highest BCUT2D eigenvalue weighted by atomic mass is 32.2. The first-order valence-electron chi connectivity index (χ1n) is 6.98. The minimum atomic E-state index is -4.06. The third-order valence-corrected chi connectivity index (χ3v) is 4.77. The lowest BCUT2D eigenvalue weighted by Crippen LogP contribution is -2.15. The zero-order valence-electron chi connectivity index (χ0n) is 13.8. The van der Waals surface area contributed by atoms with E-state index in [1.807, 2.05) is 0 Å². The van der Waals surface area contributed by atoms with Crippen LogP contribution in [0.1, 0.15) is 10.4 Å². The van der Waals surface area contributed by atoms with Crippen molar-refractivity contribution in [3.05, 3.63) is 42.0 Å². The summed E-state index contributed by atoms with van der Waals surface area (Å²) < 4.78 is 43.3. The van der Waals surface area contributed by atoms with Crippen molar-refractivity contribution in [2.75, 3.05) is 26.1 Å². The Morgan fingerprint density at radius 3 is 1.88 bits per heavy atom. The van der Waals surface area contributed by atoms with E-state index in [2.05, 4.69) is 4.72 Å². The van der Waals surface area contributed by atoms with Crippen LogP contribution in [0.5, 0.6) is 17.2 Å². The van der Waals surface area contributed by atoms with Crippen LogP contribution in [0.15, 0.2) is 41.3 Å². The highest BCUT2D eigenvalue weighted by molar-refractivity contribution is 7.93. The molecule has 25 heavy (non-hydrogen) atoms. The maximum absolute atomic E-state index is 12.8.